The van der Waals surface area contributed by atoms with E-state index in [-0.39, 0.29) is 17.9 Å². The second-order valence-electron chi connectivity index (χ2n) is 6.26. The molecule has 1 heterocycles. The molecule has 0 bridgehead atoms. The number of aromatic nitrogens is 1. The Morgan fingerprint density at radius 1 is 1.35 bits per heavy atom. The fourth-order valence-electron chi connectivity index (χ4n) is 2.14. The van der Waals surface area contributed by atoms with Crippen LogP contribution in [0.5, 0.6) is 0 Å². The number of carbonyl (C=O) groups excluding carboxylic acids is 1. The molecule has 0 aliphatic carbocycles. The average molecular weight is 333 g/mol. The summed E-state index contributed by atoms with van der Waals surface area (Å²) in [6.45, 7) is 4.63. The molecule has 0 unspecified atom stereocenters. The smallest absolute Gasteiger partial charge is 0.244 e. The van der Waals surface area contributed by atoms with E-state index in [1.165, 1.54) is 6.08 Å². The highest BCUT2D eigenvalue weighted by Gasteiger charge is 2.17. The van der Waals surface area contributed by atoms with E-state index >= 15 is 0 Å². The van der Waals surface area contributed by atoms with Crippen molar-refractivity contribution in [3.8, 4) is 0 Å². The van der Waals surface area contributed by atoms with Crippen molar-refractivity contribution in [1.29, 1.82) is 0 Å². The summed E-state index contributed by atoms with van der Waals surface area (Å²) in [6, 6.07) is 9.33. The van der Waals surface area contributed by atoms with Gasteiger partial charge >= 0.3 is 0 Å². The number of aliphatic hydroxyl groups is 1. The summed E-state index contributed by atoms with van der Waals surface area (Å²) < 4.78 is 0. The number of nitrogens with one attached hydrogen (secondary N) is 1. The van der Waals surface area contributed by atoms with Crippen molar-refractivity contribution in [1.82, 2.24) is 10.3 Å². The number of carbonyl (C=O) groups is 1. The first-order chi connectivity index (χ1) is 10.9. The van der Waals surface area contributed by atoms with Gasteiger partial charge in [0.15, 0.2) is 0 Å². The van der Waals surface area contributed by atoms with Crippen molar-refractivity contribution in [2.24, 2.45) is 5.41 Å². The molecule has 0 saturated carbocycles. The minimum Gasteiger partial charge on any atom is -0.396 e. The normalized spacial score (nSPS) is 12.0. The van der Waals surface area contributed by atoms with Crippen LogP contribution >= 0.6 is 11.6 Å². The van der Waals surface area contributed by atoms with Crippen molar-refractivity contribution in [2.45, 2.75) is 20.3 Å². The van der Waals surface area contributed by atoms with Crippen molar-refractivity contribution >= 4 is 34.5 Å². The van der Waals surface area contributed by atoms with Crippen LogP contribution in [0, 0.1) is 5.41 Å². The van der Waals surface area contributed by atoms with Crippen LogP contribution in [0.3, 0.4) is 0 Å². The molecule has 0 aliphatic heterocycles. The summed E-state index contributed by atoms with van der Waals surface area (Å²) >= 11 is 5.97. The maximum absolute atomic E-state index is 11.9. The molecule has 1 aromatic heterocycles. The standard InChI is InChI=1S/C18H21ClN2O2/c1-18(2,9-10-22)12-20-17(23)8-7-15-6-4-13-3-5-14(19)11-16(13)21-15/h3-8,11,22H,9-10,12H2,1-2H3,(H,20,23)/b8-7+. The molecule has 5 heteroatoms. The lowest BCUT2D eigenvalue weighted by Gasteiger charge is -2.23. The lowest BCUT2D eigenvalue weighted by Crippen LogP contribution is -2.33. The van der Waals surface area contributed by atoms with Gasteiger partial charge in [-0.1, -0.05) is 37.6 Å². The first-order valence-electron chi connectivity index (χ1n) is 7.53. The van der Waals surface area contributed by atoms with Crippen molar-refractivity contribution < 1.29 is 9.90 Å². The maximum Gasteiger partial charge on any atom is 0.244 e. The molecular weight excluding hydrogens is 312 g/mol. The van der Waals surface area contributed by atoms with Gasteiger partial charge in [-0.05, 0) is 36.1 Å². The fourth-order valence-corrected chi connectivity index (χ4v) is 2.30. The number of halogens is 1. The number of rotatable bonds is 6. The van der Waals surface area contributed by atoms with E-state index in [1.54, 1.807) is 12.1 Å². The number of nitrogens with zero attached hydrogens (tertiary/aromatic N) is 1. The Kier molecular flexibility index (Phi) is 5.74. The van der Waals surface area contributed by atoms with Gasteiger partial charge in [0.1, 0.15) is 0 Å². The van der Waals surface area contributed by atoms with Crippen molar-refractivity contribution in [3.63, 3.8) is 0 Å². The molecule has 0 spiro atoms. The van der Waals surface area contributed by atoms with E-state index < -0.39 is 0 Å². The van der Waals surface area contributed by atoms with Gasteiger partial charge in [0.2, 0.25) is 5.91 Å². The van der Waals surface area contributed by atoms with Gasteiger partial charge in [-0.2, -0.15) is 0 Å². The van der Waals surface area contributed by atoms with Crippen LogP contribution in [0.25, 0.3) is 17.0 Å². The first-order valence-corrected chi connectivity index (χ1v) is 7.90. The molecule has 23 heavy (non-hydrogen) atoms. The van der Waals surface area contributed by atoms with E-state index in [0.717, 1.165) is 10.9 Å². The lowest BCUT2D eigenvalue weighted by atomic mass is 9.90. The highest BCUT2D eigenvalue weighted by atomic mass is 35.5. The number of fused-ring (bicyclic) bond motifs is 1. The van der Waals surface area contributed by atoms with Crippen LogP contribution in [0.4, 0.5) is 0 Å². The summed E-state index contributed by atoms with van der Waals surface area (Å²) in [6.07, 6.45) is 3.78. The van der Waals surface area contributed by atoms with E-state index in [9.17, 15) is 4.79 Å². The summed E-state index contributed by atoms with van der Waals surface area (Å²) in [4.78, 5) is 16.3. The van der Waals surface area contributed by atoms with Gasteiger partial charge in [-0.3, -0.25) is 4.79 Å². The minimum atomic E-state index is -0.177. The number of hydrogen-bond donors (Lipinski definition) is 2. The molecule has 0 saturated heterocycles. The molecule has 0 atom stereocenters. The third-order valence-corrected chi connectivity index (χ3v) is 3.85. The van der Waals surface area contributed by atoms with E-state index in [0.29, 0.717) is 23.7 Å². The van der Waals surface area contributed by atoms with E-state index in [4.69, 9.17) is 16.7 Å². The highest BCUT2D eigenvalue weighted by molar-refractivity contribution is 6.31. The van der Waals surface area contributed by atoms with Gasteiger partial charge in [0, 0.05) is 29.6 Å². The molecule has 4 nitrogen and oxygen atoms in total. The highest BCUT2D eigenvalue weighted by Crippen LogP contribution is 2.19. The van der Waals surface area contributed by atoms with Crippen LogP contribution in [-0.2, 0) is 4.79 Å². The van der Waals surface area contributed by atoms with Crippen molar-refractivity contribution in [3.05, 3.63) is 47.1 Å². The average Bonchev–Trinajstić information content (AvgIpc) is 2.50. The van der Waals surface area contributed by atoms with Crippen LogP contribution in [-0.4, -0.2) is 29.1 Å². The van der Waals surface area contributed by atoms with E-state index in [1.807, 2.05) is 38.1 Å². The zero-order valence-corrected chi connectivity index (χ0v) is 14.1. The molecule has 1 aromatic carbocycles. The predicted octanol–water partition coefficient (Wildman–Crippen LogP) is 3.43. The van der Waals surface area contributed by atoms with E-state index in [2.05, 4.69) is 10.3 Å². The lowest BCUT2D eigenvalue weighted by molar-refractivity contribution is -0.116. The second kappa shape index (κ2) is 7.57. The zero-order valence-electron chi connectivity index (χ0n) is 13.3. The van der Waals surface area contributed by atoms with Crippen LogP contribution < -0.4 is 5.32 Å². The zero-order chi connectivity index (χ0) is 16.9. The Balaban J connectivity index is 2.00. The van der Waals surface area contributed by atoms with Crippen molar-refractivity contribution in [2.75, 3.05) is 13.2 Å². The monoisotopic (exact) mass is 332 g/mol. The summed E-state index contributed by atoms with van der Waals surface area (Å²) in [5.41, 5.74) is 1.37. The van der Waals surface area contributed by atoms with Gasteiger partial charge in [0.05, 0.1) is 11.2 Å². The van der Waals surface area contributed by atoms with Gasteiger partial charge in [0.25, 0.3) is 0 Å². The quantitative estimate of drug-likeness (QED) is 0.797. The Morgan fingerprint density at radius 2 is 2.09 bits per heavy atom. The molecule has 2 N–H and O–H groups in total. The third kappa shape index (κ3) is 5.34. The predicted molar refractivity (Wildman–Crippen MR) is 94.3 cm³/mol. The molecule has 0 aliphatic rings. The molecule has 0 fully saturated rings. The molecule has 2 rings (SSSR count). The van der Waals surface area contributed by atoms with Crippen LogP contribution in [0.15, 0.2) is 36.4 Å². The molecule has 122 valence electrons. The van der Waals surface area contributed by atoms with Crippen LogP contribution in [0.2, 0.25) is 5.02 Å². The maximum atomic E-state index is 11.9. The number of amides is 1. The van der Waals surface area contributed by atoms with Gasteiger partial charge in [-0.25, -0.2) is 4.98 Å². The molecule has 0 radical (unpaired) electrons. The fraction of sp³-hybridized carbons (Fsp3) is 0.333. The Morgan fingerprint density at radius 3 is 2.83 bits per heavy atom. The topological polar surface area (TPSA) is 62.2 Å². The Hall–Kier alpha value is -1.91. The molecule has 2 aromatic rings. The summed E-state index contributed by atoms with van der Waals surface area (Å²) in [5, 5.41) is 13.5. The SMILES string of the molecule is CC(C)(CCO)CNC(=O)/C=C/c1ccc2ccc(Cl)cc2n1. The third-order valence-electron chi connectivity index (χ3n) is 3.61. The summed E-state index contributed by atoms with van der Waals surface area (Å²) in [5.74, 6) is -0.177. The number of benzene rings is 1. The van der Waals surface area contributed by atoms with Crippen LogP contribution in [0.1, 0.15) is 26.0 Å². The second-order valence-corrected chi connectivity index (χ2v) is 6.70. The Bertz CT molecular complexity index is 726. The number of aliphatic hydroxyl groups excluding tert-OH is 1. The molecular formula is C18H21ClN2O2. The summed E-state index contributed by atoms with van der Waals surface area (Å²) in [7, 11) is 0. The minimum absolute atomic E-state index is 0.113. The number of pyridine rings is 1. The molecule has 1 amide bonds. The van der Waals surface area contributed by atoms with Gasteiger partial charge < -0.3 is 10.4 Å². The van der Waals surface area contributed by atoms with Gasteiger partial charge in [-0.15, -0.1) is 0 Å². The first kappa shape index (κ1) is 17.4. The number of hydrogen-bond acceptors (Lipinski definition) is 3. The largest absolute Gasteiger partial charge is 0.396 e. The Labute approximate surface area is 141 Å².